The van der Waals surface area contributed by atoms with Crippen molar-refractivity contribution in [1.29, 1.82) is 0 Å². The van der Waals surface area contributed by atoms with Gasteiger partial charge in [0.25, 0.3) is 0 Å². The largest absolute Gasteiger partial charge is 0.133 e. The Hall–Kier alpha value is 0.660. The Morgan fingerprint density at radius 2 is 2.06 bits per heavy atom. The van der Waals surface area contributed by atoms with E-state index in [1.165, 1.54) is 52.8 Å². The van der Waals surface area contributed by atoms with E-state index < -0.39 is 0 Å². The average Bonchev–Trinajstić information content (AvgIpc) is 2.59. The molecule has 0 nitrogen and oxygen atoms in total. The van der Waals surface area contributed by atoms with Crippen LogP contribution in [0.1, 0.15) is 53.8 Å². The third-order valence-electron chi connectivity index (χ3n) is 3.53. The Labute approximate surface area is 119 Å². The molecule has 0 amide bonds. The lowest BCUT2D eigenvalue weighted by molar-refractivity contribution is 0.338. The molecule has 1 aliphatic carbocycles. The van der Waals surface area contributed by atoms with Gasteiger partial charge < -0.3 is 0 Å². The van der Waals surface area contributed by atoms with Crippen molar-refractivity contribution in [2.45, 2.75) is 50.3 Å². The molecule has 0 bridgehead atoms. The Morgan fingerprint density at radius 1 is 1.38 bits per heavy atom. The molecule has 0 aliphatic heterocycles. The first-order valence-corrected chi connectivity index (χ1v) is 8.59. The molecule has 1 aromatic heterocycles. The normalized spacial score (nSPS) is 19.9. The van der Waals surface area contributed by atoms with E-state index in [9.17, 15) is 0 Å². The third-order valence-corrected chi connectivity index (χ3v) is 5.96. The van der Waals surface area contributed by atoms with Crippen molar-refractivity contribution in [1.82, 2.24) is 0 Å². The van der Waals surface area contributed by atoms with Crippen LogP contribution in [0.25, 0.3) is 0 Å². The van der Waals surface area contributed by atoms with Crippen molar-refractivity contribution < 1.29 is 0 Å². The van der Waals surface area contributed by atoms with Crippen molar-refractivity contribution in [2.75, 3.05) is 0 Å². The van der Waals surface area contributed by atoms with E-state index in [-0.39, 0.29) is 0 Å². The number of alkyl halides is 1. The lowest BCUT2D eigenvalue weighted by Gasteiger charge is -2.23. The highest BCUT2D eigenvalue weighted by Crippen LogP contribution is 2.40. The van der Waals surface area contributed by atoms with Gasteiger partial charge in [-0.15, -0.1) is 11.3 Å². The van der Waals surface area contributed by atoms with Gasteiger partial charge in [-0.3, -0.25) is 0 Å². The van der Waals surface area contributed by atoms with Gasteiger partial charge in [0.15, 0.2) is 0 Å². The van der Waals surface area contributed by atoms with Crippen LogP contribution in [-0.2, 0) is 0 Å². The van der Waals surface area contributed by atoms with Crippen LogP contribution in [0.15, 0.2) is 9.85 Å². The van der Waals surface area contributed by atoms with Crippen molar-refractivity contribution in [3.05, 3.63) is 20.3 Å². The maximum Gasteiger partial charge on any atom is 0.0704 e. The van der Waals surface area contributed by atoms with Gasteiger partial charge in [-0.25, -0.2) is 0 Å². The second-order valence-corrected chi connectivity index (χ2v) is 8.51. The van der Waals surface area contributed by atoms with E-state index in [2.05, 4.69) is 44.8 Å². The topological polar surface area (TPSA) is 0 Å². The Bertz CT molecular complexity index is 340. The summed E-state index contributed by atoms with van der Waals surface area (Å²) in [6.45, 7) is 2.22. The van der Waals surface area contributed by atoms with Gasteiger partial charge in [-0.1, -0.05) is 48.0 Å². The van der Waals surface area contributed by atoms with Crippen LogP contribution in [0, 0.1) is 12.8 Å². The van der Waals surface area contributed by atoms with Crippen LogP contribution in [0.2, 0.25) is 0 Å². The molecule has 0 saturated heterocycles. The zero-order valence-electron chi connectivity index (χ0n) is 9.64. The quantitative estimate of drug-likeness (QED) is 0.557. The lowest BCUT2D eigenvalue weighted by atomic mass is 9.85. The van der Waals surface area contributed by atoms with Gasteiger partial charge in [0.05, 0.1) is 3.79 Å². The van der Waals surface area contributed by atoms with Gasteiger partial charge in [-0.2, -0.15) is 0 Å². The first-order valence-electron chi connectivity index (χ1n) is 6.06. The smallest absolute Gasteiger partial charge is 0.0704 e. The molecule has 1 unspecified atom stereocenters. The van der Waals surface area contributed by atoms with Crippen LogP contribution in [0.4, 0.5) is 0 Å². The summed E-state index contributed by atoms with van der Waals surface area (Å²) in [5.74, 6) is 0.941. The Kier molecular flexibility index (Phi) is 4.92. The fourth-order valence-electron chi connectivity index (χ4n) is 2.61. The lowest BCUT2D eigenvalue weighted by Crippen LogP contribution is -2.08. The molecular formula is C13H18Br2S. The number of aryl methyl sites for hydroxylation is 1. The number of halogens is 2. The summed E-state index contributed by atoms with van der Waals surface area (Å²) < 4.78 is 1.26. The molecule has 2 rings (SSSR count). The molecule has 1 atom stereocenters. The molecule has 1 heterocycles. The first kappa shape index (κ1) is 13.1. The molecule has 90 valence electrons. The SMILES string of the molecule is Cc1sc(Br)cc1C(Br)CC1CCCCC1. The molecule has 0 N–H and O–H groups in total. The summed E-state index contributed by atoms with van der Waals surface area (Å²) in [7, 11) is 0. The van der Waals surface area contributed by atoms with Crippen LogP contribution in [-0.4, -0.2) is 0 Å². The molecule has 0 radical (unpaired) electrons. The number of thiophene rings is 1. The van der Waals surface area contributed by atoms with Crippen molar-refractivity contribution in [3.63, 3.8) is 0 Å². The highest BCUT2D eigenvalue weighted by Gasteiger charge is 2.20. The minimum Gasteiger partial charge on any atom is -0.133 e. The number of rotatable bonds is 3. The maximum atomic E-state index is 3.87. The fourth-order valence-corrected chi connectivity index (χ4v) is 5.54. The van der Waals surface area contributed by atoms with E-state index in [1.807, 2.05) is 11.3 Å². The van der Waals surface area contributed by atoms with Gasteiger partial charge >= 0.3 is 0 Å². The molecular weight excluding hydrogens is 348 g/mol. The minimum atomic E-state index is 0.554. The molecule has 0 spiro atoms. The average molecular weight is 366 g/mol. The zero-order chi connectivity index (χ0) is 11.5. The summed E-state index contributed by atoms with van der Waals surface area (Å²) in [6, 6.07) is 2.28. The van der Waals surface area contributed by atoms with Crippen molar-refractivity contribution in [2.24, 2.45) is 5.92 Å². The number of hydrogen-bond donors (Lipinski definition) is 0. The van der Waals surface area contributed by atoms with Gasteiger partial charge in [0.2, 0.25) is 0 Å². The highest BCUT2D eigenvalue weighted by atomic mass is 79.9. The predicted molar refractivity (Wildman–Crippen MR) is 79.6 cm³/mol. The summed E-state index contributed by atoms with van der Waals surface area (Å²) >= 11 is 9.29. The summed E-state index contributed by atoms with van der Waals surface area (Å²) in [6.07, 6.45) is 8.52. The maximum absolute atomic E-state index is 3.87. The van der Waals surface area contributed by atoms with Crippen LogP contribution < -0.4 is 0 Å². The standard InChI is InChI=1S/C13H18Br2S/c1-9-11(8-13(15)16-9)12(14)7-10-5-3-2-4-6-10/h8,10,12H,2-7H2,1H3. The van der Waals surface area contributed by atoms with Crippen molar-refractivity contribution >= 4 is 43.2 Å². The minimum absolute atomic E-state index is 0.554. The van der Waals surface area contributed by atoms with Crippen LogP contribution >= 0.6 is 43.2 Å². The molecule has 1 saturated carbocycles. The van der Waals surface area contributed by atoms with Gasteiger partial charge in [-0.05, 0) is 46.8 Å². The van der Waals surface area contributed by atoms with Gasteiger partial charge in [0, 0.05) is 9.70 Å². The van der Waals surface area contributed by atoms with E-state index in [0.717, 1.165) is 5.92 Å². The van der Waals surface area contributed by atoms with E-state index in [1.54, 1.807) is 0 Å². The monoisotopic (exact) mass is 364 g/mol. The molecule has 3 heteroatoms. The third kappa shape index (κ3) is 3.33. The highest BCUT2D eigenvalue weighted by molar-refractivity contribution is 9.11. The Balaban J connectivity index is 1.96. The molecule has 16 heavy (non-hydrogen) atoms. The fraction of sp³-hybridized carbons (Fsp3) is 0.692. The molecule has 1 aliphatic rings. The zero-order valence-corrected chi connectivity index (χ0v) is 13.6. The predicted octanol–water partition coefficient (Wildman–Crippen LogP) is 6.23. The number of hydrogen-bond acceptors (Lipinski definition) is 1. The van der Waals surface area contributed by atoms with E-state index >= 15 is 0 Å². The molecule has 0 aromatic carbocycles. The van der Waals surface area contributed by atoms with Crippen LogP contribution in [0.3, 0.4) is 0 Å². The summed E-state index contributed by atoms with van der Waals surface area (Å²) in [5.41, 5.74) is 1.49. The van der Waals surface area contributed by atoms with E-state index in [0.29, 0.717) is 4.83 Å². The Morgan fingerprint density at radius 3 is 2.62 bits per heavy atom. The molecule has 1 fully saturated rings. The van der Waals surface area contributed by atoms with E-state index in [4.69, 9.17) is 0 Å². The molecule has 1 aromatic rings. The van der Waals surface area contributed by atoms with Crippen molar-refractivity contribution in [3.8, 4) is 0 Å². The first-order chi connectivity index (χ1) is 7.66. The summed E-state index contributed by atoms with van der Waals surface area (Å²) in [5, 5.41) is 0. The second-order valence-electron chi connectivity index (χ2n) is 4.77. The summed E-state index contributed by atoms with van der Waals surface area (Å²) in [4.78, 5) is 2.00. The second kappa shape index (κ2) is 6.01. The van der Waals surface area contributed by atoms with Crippen LogP contribution in [0.5, 0.6) is 0 Å². The van der Waals surface area contributed by atoms with Gasteiger partial charge in [0.1, 0.15) is 0 Å².